The van der Waals surface area contributed by atoms with E-state index in [1.165, 1.54) is 18.2 Å². The molecule has 2 N–H and O–H groups in total. The van der Waals surface area contributed by atoms with Crippen molar-refractivity contribution in [3.63, 3.8) is 0 Å². The predicted molar refractivity (Wildman–Crippen MR) is 72.4 cm³/mol. The van der Waals surface area contributed by atoms with Crippen molar-refractivity contribution in [2.24, 2.45) is 0 Å². The van der Waals surface area contributed by atoms with Gasteiger partial charge in [0.25, 0.3) is 5.91 Å². The van der Waals surface area contributed by atoms with Crippen LogP contribution in [0.2, 0.25) is 0 Å². The predicted octanol–water partition coefficient (Wildman–Crippen LogP) is 1.98. The average Bonchev–Trinajstić information content (AvgIpc) is 2.41. The van der Waals surface area contributed by atoms with Gasteiger partial charge >= 0.3 is 0 Å². The normalized spacial score (nSPS) is 12.2. The van der Waals surface area contributed by atoms with E-state index in [9.17, 15) is 15.0 Å². The third kappa shape index (κ3) is 3.86. The molecule has 1 unspecified atom stereocenters. The number of methoxy groups -OCH3 is 1. The fourth-order valence-electron chi connectivity index (χ4n) is 1.75. The molecule has 0 spiro atoms. The number of benzene rings is 1. The number of rotatable bonds is 6. The van der Waals surface area contributed by atoms with Crippen molar-refractivity contribution in [1.29, 1.82) is 0 Å². The van der Waals surface area contributed by atoms with E-state index in [1.54, 1.807) is 12.0 Å². The minimum atomic E-state index is -0.290. The van der Waals surface area contributed by atoms with Crippen molar-refractivity contribution in [3.05, 3.63) is 23.8 Å². The van der Waals surface area contributed by atoms with Crippen LogP contribution in [0, 0.1) is 0 Å². The lowest BCUT2D eigenvalue weighted by molar-refractivity contribution is 0.0613. The van der Waals surface area contributed by atoms with E-state index < -0.39 is 0 Å². The van der Waals surface area contributed by atoms with Gasteiger partial charge in [-0.25, -0.2) is 0 Å². The maximum atomic E-state index is 12.4. The Morgan fingerprint density at radius 3 is 2.58 bits per heavy atom. The van der Waals surface area contributed by atoms with Crippen LogP contribution in [0.25, 0.3) is 0 Å². The van der Waals surface area contributed by atoms with Crippen LogP contribution >= 0.6 is 0 Å². The molecule has 1 atom stereocenters. The van der Waals surface area contributed by atoms with Gasteiger partial charge in [0.05, 0.1) is 6.61 Å². The highest BCUT2D eigenvalue weighted by molar-refractivity contribution is 5.95. The van der Waals surface area contributed by atoms with Gasteiger partial charge in [-0.3, -0.25) is 4.79 Å². The van der Waals surface area contributed by atoms with Crippen molar-refractivity contribution < 1.29 is 19.7 Å². The monoisotopic (exact) mass is 267 g/mol. The molecule has 106 valence electrons. The topological polar surface area (TPSA) is 70.0 Å². The molecule has 0 bridgehead atoms. The summed E-state index contributed by atoms with van der Waals surface area (Å²) in [6.45, 7) is 4.92. The minimum absolute atomic E-state index is 0.0820. The maximum absolute atomic E-state index is 12.4. The zero-order valence-electron chi connectivity index (χ0n) is 11.6. The molecular weight excluding hydrogens is 246 g/mol. The summed E-state index contributed by atoms with van der Waals surface area (Å²) < 4.78 is 5.01. The van der Waals surface area contributed by atoms with E-state index >= 15 is 0 Å². The maximum Gasteiger partial charge on any atom is 0.254 e. The zero-order valence-corrected chi connectivity index (χ0v) is 11.6. The lowest BCUT2D eigenvalue weighted by Gasteiger charge is -2.28. The quantitative estimate of drug-likeness (QED) is 0.773. The summed E-state index contributed by atoms with van der Waals surface area (Å²) in [5.41, 5.74) is 0.353. The van der Waals surface area contributed by atoms with Crippen LogP contribution in [-0.2, 0) is 4.74 Å². The van der Waals surface area contributed by atoms with Gasteiger partial charge in [-0.15, -0.1) is 0 Å². The Morgan fingerprint density at radius 1 is 1.37 bits per heavy atom. The van der Waals surface area contributed by atoms with Crippen LogP contribution in [0.4, 0.5) is 0 Å². The largest absolute Gasteiger partial charge is 0.504 e. The molecular formula is C14H21NO4. The molecule has 0 saturated carbocycles. The van der Waals surface area contributed by atoms with E-state index in [0.717, 1.165) is 6.42 Å². The Hall–Kier alpha value is -1.75. The zero-order chi connectivity index (χ0) is 14.4. The Morgan fingerprint density at radius 2 is 2.05 bits per heavy atom. The van der Waals surface area contributed by atoms with E-state index in [1.807, 2.05) is 13.8 Å². The Bertz CT molecular complexity index is 433. The van der Waals surface area contributed by atoms with Gasteiger partial charge in [-0.05, 0) is 31.5 Å². The molecule has 0 radical (unpaired) electrons. The Kier molecular flexibility index (Phi) is 5.63. The molecule has 0 heterocycles. The SMILES string of the molecule is CCC(C)N(CCOC)C(=O)c1ccc(O)c(O)c1. The summed E-state index contributed by atoms with van der Waals surface area (Å²) >= 11 is 0. The highest BCUT2D eigenvalue weighted by Gasteiger charge is 2.20. The number of phenols is 2. The van der Waals surface area contributed by atoms with Crippen molar-refractivity contribution in [3.8, 4) is 11.5 Å². The molecule has 1 amide bonds. The molecule has 5 heteroatoms. The Balaban J connectivity index is 2.94. The molecule has 1 aromatic rings. The number of hydrogen-bond donors (Lipinski definition) is 2. The van der Waals surface area contributed by atoms with Gasteiger partial charge in [0, 0.05) is 25.3 Å². The fourth-order valence-corrected chi connectivity index (χ4v) is 1.75. The van der Waals surface area contributed by atoms with Gasteiger partial charge in [0.15, 0.2) is 11.5 Å². The number of carbonyl (C=O) groups is 1. The van der Waals surface area contributed by atoms with E-state index in [-0.39, 0.29) is 23.4 Å². The Labute approximate surface area is 113 Å². The standard InChI is InChI=1S/C14H21NO4/c1-4-10(2)15(7-8-19-3)14(18)11-5-6-12(16)13(17)9-11/h5-6,9-10,16-17H,4,7-8H2,1-3H3. The number of nitrogens with zero attached hydrogens (tertiary/aromatic N) is 1. The van der Waals surface area contributed by atoms with Gasteiger partial charge in [-0.1, -0.05) is 6.92 Å². The average molecular weight is 267 g/mol. The second-order valence-electron chi connectivity index (χ2n) is 4.45. The molecule has 1 rings (SSSR count). The third-order valence-electron chi connectivity index (χ3n) is 3.14. The van der Waals surface area contributed by atoms with Crippen molar-refractivity contribution in [2.45, 2.75) is 26.3 Å². The van der Waals surface area contributed by atoms with Crippen LogP contribution in [-0.4, -0.2) is 47.3 Å². The molecule has 19 heavy (non-hydrogen) atoms. The van der Waals surface area contributed by atoms with Gasteiger partial charge < -0.3 is 19.8 Å². The molecule has 0 aliphatic rings. The van der Waals surface area contributed by atoms with Crippen molar-refractivity contribution in [2.75, 3.05) is 20.3 Å². The molecule has 0 saturated heterocycles. The molecule has 0 fully saturated rings. The minimum Gasteiger partial charge on any atom is -0.504 e. The second-order valence-corrected chi connectivity index (χ2v) is 4.45. The molecule has 1 aromatic carbocycles. The number of aromatic hydroxyl groups is 2. The van der Waals surface area contributed by atoms with Gasteiger partial charge in [-0.2, -0.15) is 0 Å². The number of amides is 1. The van der Waals surface area contributed by atoms with E-state index in [0.29, 0.717) is 18.7 Å². The fraction of sp³-hybridized carbons (Fsp3) is 0.500. The lowest BCUT2D eigenvalue weighted by atomic mass is 10.1. The number of ether oxygens (including phenoxy) is 1. The molecule has 0 aliphatic heterocycles. The summed E-state index contributed by atoms with van der Waals surface area (Å²) in [6.07, 6.45) is 0.833. The van der Waals surface area contributed by atoms with Gasteiger partial charge in [0.1, 0.15) is 0 Å². The number of carbonyl (C=O) groups excluding carboxylic acids is 1. The first-order valence-electron chi connectivity index (χ1n) is 6.33. The van der Waals surface area contributed by atoms with Crippen molar-refractivity contribution >= 4 is 5.91 Å². The van der Waals surface area contributed by atoms with Crippen LogP contribution in [0.3, 0.4) is 0 Å². The summed E-state index contributed by atoms with van der Waals surface area (Å²) in [5.74, 6) is -0.702. The first-order chi connectivity index (χ1) is 9.01. The lowest BCUT2D eigenvalue weighted by Crippen LogP contribution is -2.40. The highest BCUT2D eigenvalue weighted by atomic mass is 16.5. The summed E-state index contributed by atoms with van der Waals surface area (Å²) in [6, 6.07) is 4.17. The third-order valence-corrected chi connectivity index (χ3v) is 3.14. The van der Waals surface area contributed by atoms with Crippen LogP contribution in [0.1, 0.15) is 30.6 Å². The molecule has 0 aromatic heterocycles. The second kappa shape index (κ2) is 6.99. The van der Waals surface area contributed by atoms with E-state index in [2.05, 4.69) is 0 Å². The highest BCUT2D eigenvalue weighted by Crippen LogP contribution is 2.25. The van der Waals surface area contributed by atoms with Crippen LogP contribution in [0.5, 0.6) is 11.5 Å². The van der Waals surface area contributed by atoms with Crippen molar-refractivity contribution in [1.82, 2.24) is 4.90 Å². The first-order valence-corrected chi connectivity index (χ1v) is 6.33. The smallest absolute Gasteiger partial charge is 0.254 e. The molecule has 5 nitrogen and oxygen atoms in total. The van der Waals surface area contributed by atoms with Gasteiger partial charge in [0.2, 0.25) is 0 Å². The van der Waals surface area contributed by atoms with Crippen LogP contribution < -0.4 is 0 Å². The first kappa shape index (κ1) is 15.3. The summed E-state index contributed by atoms with van der Waals surface area (Å²) in [4.78, 5) is 14.1. The summed E-state index contributed by atoms with van der Waals surface area (Å²) in [7, 11) is 1.59. The molecule has 0 aliphatic carbocycles. The number of phenolic OH excluding ortho intramolecular Hbond substituents is 2. The summed E-state index contributed by atoms with van der Waals surface area (Å²) in [5, 5.41) is 18.7. The van der Waals surface area contributed by atoms with E-state index in [4.69, 9.17) is 4.74 Å². The number of hydrogen-bond acceptors (Lipinski definition) is 4. The van der Waals surface area contributed by atoms with Crippen LogP contribution in [0.15, 0.2) is 18.2 Å².